The summed E-state index contributed by atoms with van der Waals surface area (Å²) in [7, 11) is 0. The summed E-state index contributed by atoms with van der Waals surface area (Å²) in [6, 6.07) is 11.5. The molecule has 5 heterocycles. The van der Waals surface area contributed by atoms with Gasteiger partial charge in [0, 0.05) is 18.4 Å². The Kier molecular flexibility index (Phi) is 4.65. The number of benzene rings is 1. The van der Waals surface area contributed by atoms with Gasteiger partial charge in [-0.05, 0) is 61.2 Å². The van der Waals surface area contributed by atoms with E-state index in [4.69, 9.17) is 4.98 Å². The van der Waals surface area contributed by atoms with E-state index in [1.54, 1.807) is 33.8 Å². The van der Waals surface area contributed by atoms with Crippen molar-refractivity contribution in [2.24, 2.45) is 0 Å². The fourth-order valence-corrected chi connectivity index (χ4v) is 4.99. The summed E-state index contributed by atoms with van der Waals surface area (Å²) in [5, 5.41) is 7.04. The van der Waals surface area contributed by atoms with E-state index in [9.17, 15) is 13.6 Å². The Balaban J connectivity index is 1.30. The average Bonchev–Trinajstić information content (AvgIpc) is 3.66. The lowest BCUT2D eigenvalue weighted by molar-refractivity contribution is -0.0267. The molecule has 9 nitrogen and oxygen atoms in total. The molecule has 1 saturated carbocycles. The van der Waals surface area contributed by atoms with Gasteiger partial charge in [-0.3, -0.25) is 4.79 Å². The minimum absolute atomic E-state index is 0.0520. The predicted octanol–water partition coefficient (Wildman–Crippen LogP) is 3.16. The molecule has 1 aliphatic carbocycles. The maximum atomic E-state index is 13.5. The summed E-state index contributed by atoms with van der Waals surface area (Å²) in [4.78, 5) is 28.6. The maximum Gasteiger partial charge on any atom is 0.282 e. The van der Waals surface area contributed by atoms with Gasteiger partial charge in [-0.1, -0.05) is 12.1 Å². The third-order valence-electron chi connectivity index (χ3n) is 6.97. The number of aromatic nitrogens is 5. The zero-order valence-electron chi connectivity index (χ0n) is 19.4. The second-order valence-corrected chi connectivity index (χ2v) is 9.72. The highest BCUT2D eigenvalue weighted by Gasteiger charge is 2.44. The van der Waals surface area contributed by atoms with Gasteiger partial charge < -0.3 is 15.5 Å². The summed E-state index contributed by atoms with van der Waals surface area (Å²) >= 11 is 0. The van der Waals surface area contributed by atoms with Crippen molar-refractivity contribution in [3.63, 3.8) is 0 Å². The van der Waals surface area contributed by atoms with E-state index < -0.39 is 5.92 Å². The highest BCUT2D eigenvalue weighted by molar-refractivity contribution is 5.77. The molecule has 184 valence electrons. The first-order valence-electron chi connectivity index (χ1n) is 12.2. The Labute approximate surface area is 204 Å². The van der Waals surface area contributed by atoms with Crippen LogP contribution in [0.2, 0.25) is 0 Å². The SMILES string of the molecule is O=c1c2cnc(Nc3ccc4c(c3)CCNC4)nc2n(-c2cccc(N3CC(F)(F)C3)n2)n1C1CC1. The van der Waals surface area contributed by atoms with Crippen LogP contribution in [0.15, 0.2) is 47.4 Å². The number of pyridine rings is 1. The molecular formula is C25H24F2N8O. The number of nitrogens with one attached hydrogen (secondary N) is 2. The van der Waals surface area contributed by atoms with Gasteiger partial charge >= 0.3 is 0 Å². The van der Waals surface area contributed by atoms with Gasteiger partial charge in [-0.25, -0.2) is 28.1 Å². The van der Waals surface area contributed by atoms with Gasteiger partial charge in [0.1, 0.15) is 11.2 Å². The smallest absolute Gasteiger partial charge is 0.282 e. The molecule has 0 spiro atoms. The van der Waals surface area contributed by atoms with E-state index >= 15 is 0 Å². The minimum atomic E-state index is -2.70. The van der Waals surface area contributed by atoms with Crippen molar-refractivity contribution in [1.29, 1.82) is 0 Å². The van der Waals surface area contributed by atoms with E-state index in [1.807, 2.05) is 6.07 Å². The molecule has 3 aromatic heterocycles. The molecule has 2 fully saturated rings. The predicted molar refractivity (Wildman–Crippen MR) is 131 cm³/mol. The maximum absolute atomic E-state index is 13.5. The second kappa shape index (κ2) is 7.82. The molecule has 0 unspecified atom stereocenters. The van der Waals surface area contributed by atoms with E-state index in [0.717, 1.165) is 38.0 Å². The summed E-state index contributed by atoms with van der Waals surface area (Å²) in [5.74, 6) is -1.41. The first kappa shape index (κ1) is 21.4. The largest absolute Gasteiger partial charge is 0.344 e. The van der Waals surface area contributed by atoms with Gasteiger partial charge in [0.2, 0.25) is 5.95 Å². The van der Waals surface area contributed by atoms with Crippen LogP contribution in [0.4, 0.5) is 26.2 Å². The topological polar surface area (TPSA) is 92.9 Å². The van der Waals surface area contributed by atoms with Gasteiger partial charge in [-0.2, -0.15) is 4.98 Å². The summed E-state index contributed by atoms with van der Waals surface area (Å²) < 4.78 is 30.3. The molecule has 7 rings (SSSR count). The van der Waals surface area contributed by atoms with Gasteiger partial charge in [0.25, 0.3) is 11.5 Å². The molecule has 0 amide bonds. The van der Waals surface area contributed by atoms with E-state index in [0.29, 0.717) is 28.6 Å². The highest BCUT2D eigenvalue weighted by Crippen LogP contribution is 2.36. The van der Waals surface area contributed by atoms with Crippen LogP contribution < -0.4 is 21.1 Å². The van der Waals surface area contributed by atoms with Crippen molar-refractivity contribution in [1.82, 2.24) is 29.6 Å². The molecule has 11 heteroatoms. The van der Waals surface area contributed by atoms with Gasteiger partial charge in [0.05, 0.1) is 19.1 Å². The fraction of sp³-hybridized carbons (Fsp3) is 0.360. The number of halogens is 2. The summed E-state index contributed by atoms with van der Waals surface area (Å²) in [6.45, 7) is 1.08. The van der Waals surface area contributed by atoms with Crippen molar-refractivity contribution >= 4 is 28.5 Å². The molecule has 36 heavy (non-hydrogen) atoms. The van der Waals surface area contributed by atoms with Crippen LogP contribution in [0.25, 0.3) is 16.9 Å². The lowest BCUT2D eigenvalue weighted by Gasteiger charge is -2.39. The first-order valence-corrected chi connectivity index (χ1v) is 12.2. The Bertz CT molecular complexity index is 1550. The molecule has 2 N–H and O–H groups in total. The van der Waals surface area contributed by atoms with Crippen LogP contribution >= 0.6 is 0 Å². The number of fused-ring (bicyclic) bond motifs is 2. The lowest BCUT2D eigenvalue weighted by atomic mass is 10.0. The Morgan fingerprint density at radius 2 is 1.89 bits per heavy atom. The molecule has 0 radical (unpaired) electrons. The normalized spacial score (nSPS) is 18.7. The zero-order chi connectivity index (χ0) is 24.4. The zero-order valence-corrected chi connectivity index (χ0v) is 19.4. The van der Waals surface area contributed by atoms with Crippen molar-refractivity contribution in [2.45, 2.75) is 37.8 Å². The molecule has 0 atom stereocenters. The number of hydrogen-bond donors (Lipinski definition) is 2. The van der Waals surface area contributed by atoms with E-state index in [1.165, 1.54) is 16.0 Å². The van der Waals surface area contributed by atoms with Crippen molar-refractivity contribution in [2.75, 3.05) is 29.9 Å². The quantitative estimate of drug-likeness (QED) is 0.444. The van der Waals surface area contributed by atoms with E-state index in [2.05, 4.69) is 32.7 Å². The molecule has 2 aliphatic heterocycles. The lowest BCUT2D eigenvalue weighted by Crippen LogP contribution is -2.56. The molecule has 1 saturated heterocycles. The molecular weight excluding hydrogens is 466 g/mol. The fourth-order valence-electron chi connectivity index (χ4n) is 4.99. The number of anilines is 3. The number of rotatable bonds is 5. The van der Waals surface area contributed by atoms with Crippen molar-refractivity contribution < 1.29 is 8.78 Å². The molecule has 1 aromatic carbocycles. The highest BCUT2D eigenvalue weighted by atomic mass is 19.3. The van der Waals surface area contributed by atoms with Crippen molar-refractivity contribution in [3.05, 3.63) is 64.1 Å². The number of alkyl halides is 2. The Morgan fingerprint density at radius 1 is 1.06 bits per heavy atom. The number of hydrogen-bond acceptors (Lipinski definition) is 7. The summed E-state index contributed by atoms with van der Waals surface area (Å²) in [6.07, 6.45) is 4.28. The van der Waals surface area contributed by atoms with Gasteiger partial charge in [0.15, 0.2) is 11.5 Å². The monoisotopic (exact) mass is 490 g/mol. The standard InChI is InChI=1S/C25H24F2N8O/c26-25(27)13-33(14-25)20-2-1-3-21(31-20)35-22-19(23(36)34(35)18-6-7-18)12-29-24(32-22)30-17-5-4-16-11-28-9-8-15(16)10-17/h1-5,10,12,18,28H,6-9,11,13-14H2,(H,29,30,32). The Morgan fingerprint density at radius 3 is 2.69 bits per heavy atom. The first-order chi connectivity index (χ1) is 17.4. The van der Waals surface area contributed by atoms with Crippen LogP contribution in [0.1, 0.15) is 30.0 Å². The molecule has 0 bridgehead atoms. The van der Waals surface area contributed by atoms with Crippen LogP contribution in [-0.4, -0.2) is 49.9 Å². The van der Waals surface area contributed by atoms with Crippen molar-refractivity contribution in [3.8, 4) is 5.82 Å². The third-order valence-corrected chi connectivity index (χ3v) is 6.97. The van der Waals surface area contributed by atoms with Crippen LogP contribution in [-0.2, 0) is 13.0 Å². The van der Waals surface area contributed by atoms with Crippen LogP contribution in [0.5, 0.6) is 0 Å². The van der Waals surface area contributed by atoms with E-state index in [-0.39, 0.29) is 24.7 Å². The molecule has 4 aromatic rings. The third kappa shape index (κ3) is 3.62. The Hall–Kier alpha value is -3.86. The minimum Gasteiger partial charge on any atom is -0.344 e. The second-order valence-electron chi connectivity index (χ2n) is 9.72. The average molecular weight is 491 g/mol. The number of nitrogens with zero attached hydrogens (tertiary/aromatic N) is 6. The van der Waals surface area contributed by atoms with Gasteiger partial charge in [-0.15, -0.1) is 0 Å². The summed E-state index contributed by atoms with van der Waals surface area (Å²) in [5.41, 5.74) is 3.70. The van der Waals surface area contributed by atoms with Crippen LogP contribution in [0, 0.1) is 0 Å². The molecule has 3 aliphatic rings. The van der Waals surface area contributed by atoms with Crippen LogP contribution in [0.3, 0.4) is 0 Å².